The van der Waals surface area contributed by atoms with Crippen LogP contribution in [0.2, 0.25) is 0 Å². The quantitative estimate of drug-likeness (QED) is 0.450. The minimum absolute atomic E-state index is 0.0498. The summed E-state index contributed by atoms with van der Waals surface area (Å²) < 4.78 is 7.79. The summed E-state index contributed by atoms with van der Waals surface area (Å²) in [7, 11) is 0. The van der Waals surface area contributed by atoms with Gasteiger partial charge in [-0.15, -0.1) is 0 Å². The lowest BCUT2D eigenvalue weighted by Crippen LogP contribution is -2.32. The molecule has 3 aliphatic rings. The Bertz CT molecular complexity index is 111. The van der Waals surface area contributed by atoms with E-state index in [1.165, 1.54) is 25.7 Å². The maximum absolute atomic E-state index is 7.79. The van der Waals surface area contributed by atoms with Crippen LogP contribution in [0.25, 0.3) is 0 Å². The molecule has 8 heavy (non-hydrogen) atoms. The normalized spacial score (nSPS) is 63.9. The van der Waals surface area contributed by atoms with Gasteiger partial charge in [-0.05, 0) is 43.4 Å². The topological polar surface area (TPSA) is 0 Å². The predicted octanol–water partition coefficient (Wildman–Crippen LogP) is 2.44. The van der Waals surface area contributed by atoms with Crippen molar-refractivity contribution in [1.29, 1.82) is 0 Å². The van der Waals surface area contributed by atoms with Gasteiger partial charge >= 0.3 is 0 Å². The molecule has 0 radical (unpaired) electrons. The summed E-state index contributed by atoms with van der Waals surface area (Å²) in [5, 5.41) is 0. The Labute approximate surface area is 52.7 Å². The van der Waals surface area contributed by atoms with E-state index in [1.807, 2.05) is 0 Å². The van der Waals surface area contributed by atoms with E-state index in [0.29, 0.717) is 0 Å². The van der Waals surface area contributed by atoms with Crippen LogP contribution in [-0.4, -0.2) is 0 Å². The lowest BCUT2D eigenvalue weighted by atomic mass is 9.62. The zero-order valence-electron chi connectivity index (χ0n) is 6.48. The lowest BCUT2D eigenvalue weighted by molar-refractivity contribution is 0.0751. The van der Waals surface area contributed by atoms with Crippen LogP contribution in [0.3, 0.4) is 0 Å². The molecule has 0 aromatic rings. The Morgan fingerprint density at radius 2 is 1.62 bits per heavy atom. The molecule has 0 N–H and O–H groups in total. The fourth-order valence-corrected chi connectivity index (χ4v) is 2.28. The summed E-state index contributed by atoms with van der Waals surface area (Å²) in [6.07, 6.45) is 5.22. The average molecular weight is 111 g/mol. The van der Waals surface area contributed by atoms with Crippen molar-refractivity contribution in [2.24, 2.45) is 17.7 Å². The molecule has 3 aliphatic carbocycles. The molecule has 0 saturated heterocycles. The molecule has 3 fully saturated rings. The van der Waals surface area contributed by atoms with Crippen LogP contribution in [-0.2, 0) is 0 Å². The standard InChI is InChI=1S/C8H14/c1-6-2-7-4-8(3-6)5-7/h6-8H,2-5H2,1H3/i6D. The maximum atomic E-state index is 7.79. The van der Waals surface area contributed by atoms with Crippen LogP contribution in [0.4, 0.5) is 0 Å². The molecule has 3 rings (SSSR count). The van der Waals surface area contributed by atoms with Crippen LogP contribution < -0.4 is 0 Å². The first-order valence-corrected chi connectivity index (χ1v) is 3.66. The highest BCUT2D eigenvalue weighted by Gasteiger charge is 2.35. The van der Waals surface area contributed by atoms with Gasteiger partial charge in [-0.25, -0.2) is 0 Å². The van der Waals surface area contributed by atoms with Crippen molar-refractivity contribution in [3.8, 4) is 0 Å². The van der Waals surface area contributed by atoms with E-state index < -0.39 is 0 Å². The summed E-state index contributed by atoms with van der Waals surface area (Å²) in [6, 6.07) is 0. The van der Waals surface area contributed by atoms with E-state index in [1.54, 1.807) is 0 Å². The largest absolute Gasteiger partial charge is 0.0625 e. The van der Waals surface area contributed by atoms with Crippen LogP contribution in [0, 0.1) is 17.7 Å². The van der Waals surface area contributed by atoms with Gasteiger partial charge in [-0.3, -0.25) is 0 Å². The average Bonchev–Trinajstić information content (AvgIpc) is 1.58. The molecule has 0 atom stereocenters. The van der Waals surface area contributed by atoms with E-state index in [-0.39, 0.29) is 5.89 Å². The molecule has 46 valence electrons. The molecule has 0 spiro atoms. The minimum Gasteiger partial charge on any atom is -0.0625 e. The van der Waals surface area contributed by atoms with Crippen LogP contribution in [0.15, 0.2) is 0 Å². The molecule has 2 bridgehead atoms. The summed E-state index contributed by atoms with van der Waals surface area (Å²) in [5.74, 6) is 1.82. The molecule has 0 aromatic heterocycles. The Morgan fingerprint density at radius 3 is 1.88 bits per heavy atom. The van der Waals surface area contributed by atoms with Gasteiger partial charge in [-0.2, -0.15) is 0 Å². The Hall–Kier alpha value is 0. The van der Waals surface area contributed by atoms with Crippen molar-refractivity contribution in [2.75, 3.05) is 0 Å². The van der Waals surface area contributed by atoms with Crippen molar-refractivity contribution in [2.45, 2.75) is 32.6 Å². The van der Waals surface area contributed by atoms with Gasteiger partial charge in [0.15, 0.2) is 0 Å². The predicted molar refractivity (Wildman–Crippen MR) is 34.6 cm³/mol. The highest BCUT2D eigenvalue weighted by atomic mass is 14.4. The Morgan fingerprint density at radius 1 is 1.12 bits per heavy atom. The summed E-state index contributed by atoms with van der Waals surface area (Å²) in [6.45, 7) is 2.09. The molecular formula is C8H14. The first-order valence-electron chi connectivity index (χ1n) is 4.16. The van der Waals surface area contributed by atoms with Gasteiger partial charge in [0.2, 0.25) is 0 Å². The van der Waals surface area contributed by atoms with Gasteiger partial charge in [0.05, 0.1) is 0 Å². The van der Waals surface area contributed by atoms with Gasteiger partial charge in [0, 0.05) is 1.37 Å². The molecule has 0 unspecified atom stereocenters. The zero-order chi connectivity index (χ0) is 6.48. The number of fused-ring (bicyclic) bond motifs is 2. The van der Waals surface area contributed by atoms with E-state index in [9.17, 15) is 0 Å². The molecule has 0 aromatic carbocycles. The van der Waals surface area contributed by atoms with Gasteiger partial charge in [0.1, 0.15) is 0 Å². The van der Waals surface area contributed by atoms with Gasteiger partial charge in [-0.1, -0.05) is 6.92 Å². The molecule has 0 nitrogen and oxygen atoms in total. The smallest absolute Gasteiger partial charge is 0.0300 e. The fraction of sp³-hybridized carbons (Fsp3) is 1.00. The van der Waals surface area contributed by atoms with Crippen molar-refractivity contribution in [3.63, 3.8) is 0 Å². The summed E-state index contributed by atoms with van der Waals surface area (Å²) in [5.41, 5.74) is 0. The second-order valence-corrected chi connectivity index (χ2v) is 3.57. The second kappa shape index (κ2) is 1.49. The summed E-state index contributed by atoms with van der Waals surface area (Å²) in [4.78, 5) is 0. The van der Waals surface area contributed by atoms with Crippen molar-refractivity contribution >= 4 is 0 Å². The minimum atomic E-state index is -0.0498. The van der Waals surface area contributed by atoms with E-state index >= 15 is 0 Å². The third-order valence-electron chi connectivity index (χ3n) is 2.61. The van der Waals surface area contributed by atoms with E-state index in [2.05, 4.69) is 6.92 Å². The molecule has 0 heterocycles. The highest BCUT2D eigenvalue weighted by molar-refractivity contribution is 4.87. The second-order valence-electron chi connectivity index (χ2n) is 3.57. The molecule has 0 aliphatic heterocycles. The first kappa shape index (κ1) is 3.92. The number of rotatable bonds is 0. The highest BCUT2D eigenvalue weighted by Crippen LogP contribution is 2.47. The lowest BCUT2D eigenvalue weighted by Gasteiger charge is -2.44. The number of hydrogen-bond donors (Lipinski definition) is 0. The SMILES string of the molecule is [2H]C1(C)CC2CC(C2)C1. The Balaban J connectivity index is 2.04. The van der Waals surface area contributed by atoms with Crippen LogP contribution in [0.1, 0.15) is 34.0 Å². The molecule has 0 amide bonds. The van der Waals surface area contributed by atoms with Crippen LogP contribution >= 0.6 is 0 Å². The van der Waals surface area contributed by atoms with Gasteiger partial charge < -0.3 is 0 Å². The third-order valence-corrected chi connectivity index (χ3v) is 2.61. The zero-order valence-corrected chi connectivity index (χ0v) is 5.48. The van der Waals surface area contributed by atoms with Crippen molar-refractivity contribution < 1.29 is 1.37 Å². The monoisotopic (exact) mass is 111 g/mol. The van der Waals surface area contributed by atoms with Gasteiger partial charge in [0.25, 0.3) is 0 Å². The summed E-state index contributed by atoms with van der Waals surface area (Å²) >= 11 is 0. The third kappa shape index (κ3) is 0.586. The van der Waals surface area contributed by atoms with Crippen LogP contribution in [0.5, 0.6) is 0 Å². The number of hydrogen-bond acceptors (Lipinski definition) is 0. The van der Waals surface area contributed by atoms with Crippen molar-refractivity contribution in [3.05, 3.63) is 0 Å². The first-order chi connectivity index (χ1) is 4.16. The molecule has 3 saturated carbocycles. The fourth-order valence-electron chi connectivity index (χ4n) is 2.28. The van der Waals surface area contributed by atoms with E-state index in [0.717, 1.165) is 11.8 Å². The Kier molecular flexibility index (Phi) is 0.731. The van der Waals surface area contributed by atoms with Crippen molar-refractivity contribution in [1.82, 2.24) is 0 Å². The maximum Gasteiger partial charge on any atom is 0.0300 e. The molecular weight excluding hydrogens is 96.1 g/mol. The molecule has 0 heteroatoms. The van der Waals surface area contributed by atoms with E-state index in [4.69, 9.17) is 1.37 Å².